The van der Waals surface area contributed by atoms with Gasteiger partial charge in [-0.05, 0) is 29.8 Å². The number of ether oxygens (including phenoxy) is 1. The Morgan fingerprint density at radius 2 is 1.83 bits per heavy atom. The Labute approximate surface area is 141 Å². The number of hydrogen-bond acceptors (Lipinski definition) is 4. The van der Waals surface area contributed by atoms with Gasteiger partial charge in [0.1, 0.15) is 5.82 Å². The highest BCUT2D eigenvalue weighted by Gasteiger charge is 2.19. The number of benzene rings is 2. The second-order valence-corrected chi connectivity index (χ2v) is 5.91. The van der Waals surface area contributed by atoms with E-state index in [1.165, 1.54) is 13.2 Å². The van der Waals surface area contributed by atoms with Crippen LogP contribution < -0.4 is 4.90 Å². The van der Waals surface area contributed by atoms with Crippen LogP contribution in [0.2, 0.25) is 0 Å². The molecule has 0 radical (unpaired) electrons. The summed E-state index contributed by atoms with van der Waals surface area (Å²) in [5, 5.41) is 0. The minimum Gasteiger partial charge on any atom is -0.465 e. The highest BCUT2D eigenvalue weighted by Crippen LogP contribution is 2.21. The molecule has 0 bridgehead atoms. The molecule has 0 spiro atoms. The zero-order chi connectivity index (χ0) is 16.9. The first-order valence-electron chi connectivity index (χ1n) is 8.06. The molecule has 1 aliphatic heterocycles. The Bertz CT molecular complexity index is 712. The first-order valence-corrected chi connectivity index (χ1v) is 8.06. The molecule has 0 aliphatic carbocycles. The lowest BCUT2D eigenvalue weighted by atomic mass is 10.1. The highest BCUT2D eigenvalue weighted by atomic mass is 19.1. The van der Waals surface area contributed by atoms with Crippen LogP contribution in [0.3, 0.4) is 0 Å². The molecule has 126 valence electrons. The van der Waals surface area contributed by atoms with E-state index in [0.29, 0.717) is 11.3 Å². The molecule has 1 heterocycles. The van der Waals surface area contributed by atoms with Crippen LogP contribution in [0.25, 0.3) is 0 Å². The van der Waals surface area contributed by atoms with Crippen LogP contribution in [0.4, 0.5) is 10.1 Å². The first kappa shape index (κ1) is 16.5. The largest absolute Gasteiger partial charge is 0.465 e. The molecule has 1 saturated heterocycles. The zero-order valence-corrected chi connectivity index (χ0v) is 13.7. The van der Waals surface area contributed by atoms with E-state index in [4.69, 9.17) is 4.74 Å². The fraction of sp³-hybridized carbons (Fsp3) is 0.316. The molecule has 2 aromatic rings. The molecule has 3 rings (SSSR count). The Kier molecular flexibility index (Phi) is 5.11. The van der Waals surface area contributed by atoms with Crippen LogP contribution in [0.1, 0.15) is 15.9 Å². The third-order valence-corrected chi connectivity index (χ3v) is 4.32. The van der Waals surface area contributed by atoms with Crippen LogP contribution in [-0.2, 0) is 11.3 Å². The normalized spacial score (nSPS) is 15.3. The van der Waals surface area contributed by atoms with E-state index in [2.05, 4.69) is 9.80 Å². The summed E-state index contributed by atoms with van der Waals surface area (Å²) >= 11 is 0. The van der Waals surface area contributed by atoms with Gasteiger partial charge in [-0.2, -0.15) is 0 Å². The fourth-order valence-corrected chi connectivity index (χ4v) is 3.03. The van der Waals surface area contributed by atoms with Gasteiger partial charge >= 0.3 is 5.97 Å². The molecule has 0 N–H and O–H groups in total. The molecule has 0 saturated carbocycles. The van der Waals surface area contributed by atoms with Crippen molar-refractivity contribution in [3.8, 4) is 0 Å². The topological polar surface area (TPSA) is 32.8 Å². The number of piperazine rings is 1. The van der Waals surface area contributed by atoms with Gasteiger partial charge in [0.05, 0.1) is 18.4 Å². The van der Waals surface area contributed by atoms with Crippen LogP contribution >= 0.6 is 0 Å². The molecular weight excluding hydrogens is 307 g/mol. The zero-order valence-electron chi connectivity index (χ0n) is 13.7. The number of esters is 1. The van der Waals surface area contributed by atoms with Crippen molar-refractivity contribution in [2.24, 2.45) is 0 Å². The number of hydrogen-bond donors (Lipinski definition) is 0. The summed E-state index contributed by atoms with van der Waals surface area (Å²) in [6.07, 6.45) is 0. The number of rotatable bonds is 4. The van der Waals surface area contributed by atoms with Crippen LogP contribution in [0, 0.1) is 5.82 Å². The van der Waals surface area contributed by atoms with Gasteiger partial charge in [0.2, 0.25) is 0 Å². The SMILES string of the molecule is COC(=O)c1cccc(CN2CCN(c3ccccc3F)CC2)c1. The summed E-state index contributed by atoms with van der Waals surface area (Å²) in [5.41, 5.74) is 2.32. The monoisotopic (exact) mass is 328 g/mol. The predicted molar refractivity (Wildman–Crippen MR) is 91.7 cm³/mol. The van der Waals surface area contributed by atoms with E-state index in [9.17, 15) is 9.18 Å². The van der Waals surface area contributed by atoms with E-state index in [1.54, 1.807) is 12.1 Å². The van der Waals surface area contributed by atoms with Gasteiger partial charge < -0.3 is 9.64 Å². The smallest absolute Gasteiger partial charge is 0.337 e. The maximum Gasteiger partial charge on any atom is 0.337 e. The molecular formula is C19H21FN2O2. The lowest BCUT2D eigenvalue weighted by Crippen LogP contribution is -2.46. The van der Waals surface area contributed by atoms with Crippen molar-refractivity contribution in [1.82, 2.24) is 4.90 Å². The van der Waals surface area contributed by atoms with Crippen LogP contribution in [0.15, 0.2) is 48.5 Å². The number of halogens is 1. The third kappa shape index (κ3) is 3.74. The number of anilines is 1. The standard InChI is InChI=1S/C19H21FN2O2/c1-24-19(23)16-6-4-5-15(13-16)14-21-9-11-22(12-10-21)18-8-3-2-7-17(18)20/h2-8,13H,9-12,14H2,1H3. The first-order chi connectivity index (χ1) is 11.7. The van der Waals surface area contributed by atoms with Gasteiger partial charge in [-0.1, -0.05) is 24.3 Å². The molecule has 1 aliphatic rings. The third-order valence-electron chi connectivity index (χ3n) is 4.32. The summed E-state index contributed by atoms with van der Waals surface area (Å²) in [6.45, 7) is 4.07. The Morgan fingerprint density at radius 1 is 1.08 bits per heavy atom. The van der Waals surface area contributed by atoms with Crippen molar-refractivity contribution in [3.63, 3.8) is 0 Å². The number of carbonyl (C=O) groups is 1. The van der Waals surface area contributed by atoms with E-state index in [1.807, 2.05) is 30.3 Å². The highest BCUT2D eigenvalue weighted by molar-refractivity contribution is 5.89. The number of carbonyl (C=O) groups excluding carboxylic acids is 1. The minimum atomic E-state index is -0.318. The number of para-hydroxylation sites is 1. The van der Waals surface area contributed by atoms with Crippen LogP contribution in [0.5, 0.6) is 0 Å². The minimum absolute atomic E-state index is 0.170. The van der Waals surface area contributed by atoms with E-state index >= 15 is 0 Å². The lowest BCUT2D eigenvalue weighted by Gasteiger charge is -2.36. The Balaban J connectivity index is 1.60. The summed E-state index contributed by atoms with van der Waals surface area (Å²) in [6, 6.07) is 14.4. The molecule has 0 aromatic heterocycles. The Hall–Kier alpha value is -2.40. The van der Waals surface area contributed by atoms with Crippen molar-refractivity contribution in [2.75, 3.05) is 38.2 Å². The van der Waals surface area contributed by atoms with Gasteiger partial charge in [-0.15, -0.1) is 0 Å². The van der Waals surface area contributed by atoms with Gasteiger partial charge in [0.25, 0.3) is 0 Å². The van der Waals surface area contributed by atoms with Crippen molar-refractivity contribution in [3.05, 3.63) is 65.5 Å². The summed E-state index contributed by atoms with van der Waals surface area (Å²) in [4.78, 5) is 16.0. The average molecular weight is 328 g/mol. The maximum atomic E-state index is 13.9. The van der Waals surface area contributed by atoms with Crippen LogP contribution in [-0.4, -0.2) is 44.2 Å². The van der Waals surface area contributed by atoms with E-state index < -0.39 is 0 Å². The Morgan fingerprint density at radius 3 is 2.54 bits per heavy atom. The van der Waals surface area contributed by atoms with Crippen molar-refractivity contribution >= 4 is 11.7 Å². The molecule has 0 atom stereocenters. The number of methoxy groups -OCH3 is 1. The number of nitrogens with zero attached hydrogens (tertiary/aromatic N) is 2. The predicted octanol–water partition coefficient (Wildman–Crippen LogP) is 2.93. The summed E-state index contributed by atoms with van der Waals surface area (Å²) in [7, 11) is 1.39. The molecule has 0 amide bonds. The fourth-order valence-electron chi connectivity index (χ4n) is 3.03. The molecule has 5 heteroatoms. The maximum absolute atomic E-state index is 13.9. The van der Waals surface area contributed by atoms with Gasteiger partial charge in [0.15, 0.2) is 0 Å². The molecule has 2 aromatic carbocycles. The molecule has 24 heavy (non-hydrogen) atoms. The van der Waals surface area contributed by atoms with Gasteiger partial charge in [-0.25, -0.2) is 9.18 Å². The van der Waals surface area contributed by atoms with Gasteiger partial charge in [-0.3, -0.25) is 4.90 Å². The second-order valence-electron chi connectivity index (χ2n) is 5.91. The lowest BCUT2D eigenvalue weighted by molar-refractivity contribution is 0.0600. The molecule has 4 nitrogen and oxygen atoms in total. The molecule has 0 unspecified atom stereocenters. The summed E-state index contributed by atoms with van der Waals surface area (Å²) < 4.78 is 18.6. The van der Waals surface area contributed by atoms with Crippen molar-refractivity contribution in [2.45, 2.75) is 6.54 Å². The molecule has 1 fully saturated rings. The van der Waals surface area contributed by atoms with E-state index in [0.717, 1.165) is 38.3 Å². The van der Waals surface area contributed by atoms with Gasteiger partial charge in [0, 0.05) is 32.7 Å². The van der Waals surface area contributed by atoms with E-state index in [-0.39, 0.29) is 11.8 Å². The quantitative estimate of drug-likeness (QED) is 0.808. The van der Waals surface area contributed by atoms with Crippen molar-refractivity contribution < 1.29 is 13.9 Å². The summed E-state index contributed by atoms with van der Waals surface area (Å²) in [5.74, 6) is -0.488. The van der Waals surface area contributed by atoms with Crippen molar-refractivity contribution in [1.29, 1.82) is 0 Å². The second kappa shape index (κ2) is 7.45. The average Bonchev–Trinajstić information content (AvgIpc) is 2.62.